The first-order valence-corrected chi connectivity index (χ1v) is 5.99. The number of para-hydroxylation sites is 1. The maximum Gasteiger partial charge on any atom is 0.220 e. The van der Waals surface area contributed by atoms with Gasteiger partial charge in [0.15, 0.2) is 0 Å². The summed E-state index contributed by atoms with van der Waals surface area (Å²) < 4.78 is 0. The highest BCUT2D eigenvalue weighted by Gasteiger charge is 2.24. The van der Waals surface area contributed by atoms with Crippen molar-refractivity contribution >= 4 is 23.4 Å². The number of nitrogens with zero attached hydrogens (tertiary/aromatic N) is 1. The molecule has 16 heavy (non-hydrogen) atoms. The van der Waals surface area contributed by atoms with Crippen molar-refractivity contribution in [2.24, 2.45) is 0 Å². The first-order valence-electron chi connectivity index (χ1n) is 5.11. The summed E-state index contributed by atoms with van der Waals surface area (Å²) >= 11 is 1.78. The molecule has 2 rings (SSSR count). The van der Waals surface area contributed by atoms with Crippen LogP contribution in [0.1, 0.15) is 6.92 Å². The molecule has 1 atom stereocenters. The van der Waals surface area contributed by atoms with Crippen LogP contribution in [0.3, 0.4) is 0 Å². The van der Waals surface area contributed by atoms with Crippen molar-refractivity contribution in [2.75, 3.05) is 11.9 Å². The molecule has 1 aliphatic rings. The van der Waals surface area contributed by atoms with Crippen molar-refractivity contribution in [3.8, 4) is 0 Å². The summed E-state index contributed by atoms with van der Waals surface area (Å²) in [6, 6.07) is 8.30. The fraction of sp³-hybridized carbons (Fsp3) is 0.250. The van der Waals surface area contributed by atoms with E-state index >= 15 is 0 Å². The Labute approximate surface area is 99.5 Å². The number of benzene rings is 1. The number of rotatable bonds is 2. The van der Waals surface area contributed by atoms with E-state index in [9.17, 15) is 4.79 Å². The topological polar surface area (TPSA) is 32.3 Å². The number of hydrogen-bond acceptors (Lipinski definition) is 3. The molecule has 4 heteroatoms. The number of thioether (sulfide) groups is 1. The van der Waals surface area contributed by atoms with Gasteiger partial charge in [0.25, 0.3) is 0 Å². The van der Waals surface area contributed by atoms with Crippen LogP contribution in [0.15, 0.2) is 41.4 Å². The predicted molar refractivity (Wildman–Crippen MR) is 67.4 cm³/mol. The third-order valence-corrected chi connectivity index (χ3v) is 3.74. The lowest BCUT2D eigenvalue weighted by atomic mass is 10.3. The molecule has 0 aliphatic carbocycles. The number of carbonyl (C=O) groups is 1. The fourth-order valence-corrected chi connectivity index (χ4v) is 2.79. The number of anilines is 1. The van der Waals surface area contributed by atoms with Gasteiger partial charge in [0, 0.05) is 25.1 Å². The molecule has 0 saturated heterocycles. The Bertz CT molecular complexity index is 431. The zero-order valence-electron chi connectivity index (χ0n) is 9.31. The highest BCUT2D eigenvalue weighted by molar-refractivity contribution is 8.00. The largest absolute Gasteiger partial charge is 0.358 e. The zero-order valence-corrected chi connectivity index (χ0v) is 10.1. The van der Waals surface area contributed by atoms with Crippen LogP contribution in [0, 0.1) is 0 Å². The van der Waals surface area contributed by atoms with Crippen LogP contribution >= 0.6 is 11.8 Å². The van der Waals surface area contributed by atoms with Crippen molar-refractivity contribution in [3.05, 3.63) is 36.5 Å². The summed E-state index contributed by atoms with van der Waals surface area (Å²) in [5.41, 5.74) is 1.24. The van der Waals surface area contributed by atoms with Gasteiger partial charge < -0.3 is 10.2 Å². The molecule has 1 N–H and O–H groups in total. The average Bonchev–Trinajstić information content (AvgIpc) is 2.56. The van der Waals surface area contributed by atoms with Crippen LogP contribution in [-0.4, -0.2) is 18.3 Å². The van der Waals surface area contributed by atoms with Gasteiger partial charge in [-0.25, -0.2) is 0 Å². The summed E-state index contributed by atoms with van der Waals surface area (Å²) in [7, 11) is 2.06. The minimum Gasteiger partial charge on any atom is -0.358 e. The third kappa shape index (κ3) is 2.22. The van der Waals surface area contributed by atoms with Gasteiger partial charge in [0.2, 0.25) is 5.91 Å². The Morgan fingerprint density at radius 3 is 2.94 bits per heavy atom. The number of nitrogens with one attached hydrogen (secondary N) is 1. The van der Waals surface area contributed by atoms with Crippen LogP contribution in [-0.2, 0) is 4.79 Å². The van der Waals surface area contributed by atoms with E-state index in [1.807, 2.05) is 18.2 Å². The molecule has 3 nitrogen and oxygen atoms in total. The van der Waals surface area contributed by atoms with Gasteiger partial charge in [0.05, 0.1) is 11.1 Å². The van der Waals surface area contributed by atoms with Crippen LogP contribution in [0.4, 0.5) is 5.69 Å². The van der Waals surface area contributed by atoms with Gasteiger partial charge in [-0.3, -0.25) is 4.79 Å². The summed E-state index contributed by atoms with van der Waals surface area (Å²) in [6.45, 7) is 1.50. The van der Waals surface area contributed by atoms with Gasteiger partial charge in [-0.1, -0.05) is 23.9 Å². The molecule has 1 aromatic rings. The zero-order chi connectivity index (χ0) is 11.5. The first kappa shape index (κ1) is 11.1. The van der Waals surface area contributed by atoms with Crippen molar-refractivity contribution in [1.82, 2.24) is 5.32 Å². The number of fused-ring (bicyclic) bond motifs is 1. The van der Waals surface area contributed by atoms with E-state index in [2.05, 4.69) is 29.4 Å². The minimum atomic E-state index is -0.0422. The second-order valence-electron chi connectivity index (χ2n) is 3.65. The first-order chi connectivity index (χ1) is 7.68. The van der Waals surface area contributed by atoms with Gasteiger partial charge in [0.1, 0.15) is 0 Å². The maximum atomic E-state index is 10.7. The Morgan fingerprint density at radius 1 is 1.50 bits per heavy atom. The van der Waals surface area contributed by atoms with E-state index < -0.39 is 0 Å². The second kappa shape index (κ2) is 4.61. The number of carbonyl (C=O) groups excluding carboxylic acids is 1. The van der Waals surface area contributed by atoms with Crippen molar-refractivity contribution < 1.29 is 4.79 Å². The molecule has 0 aromatic heterocycles. The number of hydrogen-bond donors (Lipinski definition) is 1. The molecule has 0 fully saturated rings. The van der Waals surface area contributed by atoms with Crippen molar-refractivity contribution in [1.29, 1.82) is 0 Å². The summed E-state index contributed by atoms with van der Waals surface area (Å²) in [5.74, 6) is -0.0422. The molecular weight excluding hydrogens is 220 g/mol. The van der Waals surface area contributed by atoms with Gasteiger partial charge in [-0.15, -0.1) is 0 Å². The molecule has 1 aromatic carbocycles. The monoisotopic (exact) mass is 234 g/mol. The quantitative estimate of drug-likeness (QED) is 0.851. The fourth-order valence-electron chi connectivity index (χ4n) is 1.61. The molecule has 0 radical (unpaired) electrons. The summed E-state index contributed by atoms with van der Waals surface area (Å²) in [6.07, 6.45) is 3.70. The molecule has 0 bridgehead atoms. The maximum absolute atomic E-state index is 10.7. The molecule has 1 unspecified atom stereocenters. The van der Waals surface area contributed by atoms with E-state index in [-0.39, 0.29) is 11.3 Å². The molecule has 0 saturated carbocycles. The molecular formula is C12H14N2OS. The van der Waals surface area contributed by atoms with Crippen LogP contribution in [0.25, 0.3) is 0 Å². The summed E-state index contributed by atoms with van der Waals surface area (Å²) in [4.78, 5) is 14.2. The molecule has 84 valence electrons. The molecule has 0 spiro atoms. The number of likely N-dealkylation sites (N-methyl/N-ethyl adjacent to an activating group) is 1. The lowest BCUT2D eigenvalue weighted by Gasteiger charge is -2.17. The lowest BCUT2D eigenvalue weighted by molar-refractivity contribution is -0.118. The van der Waals surface area contributed by atoms with Gasteiger partial charge in [-0.05, 0) is 18.2 Å². The third-order valence-electron chi connectivity index (χ3n) is 2.42. The van der Waals surface area contributed by atoms with Crippen molar-refractivity contribution in [3.63, 3.8) is 0 Å². The van der Waals surface area contributed by atoms with Crippen LogP contribution in [0.2, 0.25) is 0 Å². The van der Waals surface area contributed by atoms with Crippen molar-refractivity contribution in [2.45, 2.75) is 17.2 Å². The summed E-state index contributed by atoms with van der Waals surface area (Å²) in [5, 5.41) is 2.91. The van der Waals surface area contributed by atoms with E-state index in [0.717, 1.165) is 0 Å². The highest BCUT2D eigenvalue weighted by atomic mass is 32.2. The van der Waals surface area contributed by atoms with Crippen LogP contribution < -0.4 is 10.2 Å². The molecule has 1 heterocycles. The SMILES string of the molecule is CC(=O)NC=CC1Sc2ccccc2N1C. The Hall–Kier alpha value is -1.42. The van der Waals surface area contributed by atoms with Gasteiger partial charge >= 0.3 is 0 Å². The molecule has 1 amide bonds. The van der Waals surface area contributed by atoms with Gasteiger partial charge in [-0.2, -0.15) is 0 Å². The molecule has 1 aliphatic heterocycles. The predicted octanol–water partition coefficient (Wildman–Crippen LogP) is 2.20. The highest BCUT2D eigenvalue weighted by Crippen LogP contribution is 2.42. The minimum absolute atomic E-state index is 0.0422. The standard InChI is InChI=1S/C12H14N2OS/c1-9(15)13-8-7-12-14(2)10-5-3-4-6-11(10)16-12/h3-8,12H,1-2H3,(H,13,15). The Morgan fingerprint density at radius 2 is 2.25 bits per heavy atom. The van der Waals surface area contributed by atoms with E-state index in [1.54, 1.807) is 18.0 Å². The number of amides is 1. The van der Waals surface area contributed by atoms with E-state index in [0.29, 0.717) is 0 Å². The second-order valence-corrected chi connectivity index (χ2v) is 4.81. The Balaban J connectivity index is 2.07. The Kier molecular flexibility index (Phi) is 3.19. The normalized spacial score (nSPS) is 18.9. The smallest absolute Gasteiger partial charge is 0.220 e. The lowest BCUT2D eigenvalue weighted by Crippen LogP contribution is -2.23. The van der Waals surface area contributed by atoms with Crippen LogP contribution in [0.5, 0.6) is 0 Å². The van der Waals surface area contributed by atoms with E-state index in [1.165, 1.54) is 17.5 Å². The average molecular weight is 234 g/mol. The van der Waals surface area contributed by atoms with E-state index in [4.69, 9.17) is 0 Å².